The highest BCUT2D eigenvalue weighted by Crippen LogP contribution is 2.45. The smallest absolute Gasteiger partial charge is 0.137 e. The highest BCUT2D eigenvalue weighted by Gasteiger charge is 2.38. The van der Waals surface area contributed by atoms with Gasteiger partial charge in [0.15, 0.2) is 0 Å². The van der Waals surface area contributed by atoms with E-state index in [-0.39, 0.29) is 0 Å². The van der Waals surface area contributed by atoms with Crippen LogP contribution in [-0.2, 0) is 5.60 Å². The van der Waals surface area contributed by atoms with Gasteiger partial charge in [-0.05, 0) is 43.6 Å². The second kappa shape index (κ2) is 5.49. The van der Waals surface area contributed by atoms with Crippen molar-refractivity contribution in [3.05, 3.63) is 24.0 Å². The Bertz CT molecular complexity index is 419. The molecule has 0 radical (unpaired) electrons. The molecule has 1 aromatic heterocycles. The zero-order valence-corrected chi connectivity index (χ0v) is 12.3. The maximum Gasteiger partial charge on any atom is 0.137 e. The van der Waals surface area contributed by atoms with Crippen molar-refractivity contribution in [3.8, 4) is 5.75 Å². The van der Waals surface area contributed by atoms with Gasteiger partial charge in [-0.2, -0.15) is 0 Å². The Hall–Kier alpha value is -1.09. The van der Waals surface area contributed by atoms with E-state index in [1.807, 2.05) is 6.07 Å². The zero-order valence-electron chi connectivity index (χ0n) is 12.3. The van der Waals surface area contributed by atoms with Crippen LogP contribution >= 0.6 is 0 Å². The molecule has 0 spiro atoms. The monoisotopic (exact) mass is 263 g/mol. The number of hydrogen-bond acceptors (Lipinski definition) is 3. The molecule has 0 amide bonds. The van der Waals surface area contributed by atoms with Crippen molar-refractivity contribution in [2.45, 2.75) is 58.5 Å². The van der Waals surface area contributed by atoms with Gasteiger partial charge in [-0.15, -0.1) is 0 Å². The zero-order chi connectivity index (χ0) is 13.9. The lowest BCUT2D eigenvalue weighted by molar-refractivity contribution is -0.0309. The number of nitrogens with zero attached hydrogens (tertiary/aromatic N) is 1. The minimum Gasteiger partial charge on any atom is -0.492 e. The summed E-state index contributed by atoms with van der Waals surface area (Å²) in [4.78, 5) is 4.21. The molecule has 1 aromatic rings. The van der Waals surface area contributed by atoms with Crippen molar-refractivity contribution in [2.24, 2.45) is 5.41 Å². The van der Waals surface area contributed by atoms with Gasteiger partial charge in [-0.1, -0.05) is 20.8 Å². The van der Waals surface area contributed by atoms with Crippen molar-refractivity contribution in [2.75, 3.05) is 6.61 Å². The SMILES string of the molecule is CCCOc1cncc(C2(O)CCC(C)(C)CC2)c1. The van der Waals surface area contributed by atoms with Gasteiger partial charge < -0.3 is 9.84 Å². The third-order valence-electron chi connectivity index (χ3n) is 4.15. The fourth-order valence-electron chi connectivity index (χ4n) is 2.60. The first-order chi connectivity index (χ1) is 8.95. The van der Waals surface area contributed by atoms with Crippen molar-refractivity contribution < 1.29 is 9.84 Å². The van der Waals surface area contributed by atoms with Crippen molar-refractivity contribution in [1.82, 2.24) is 4.98 Å². The van der Waals surface area contributed by atoms with Crippen LogP contribution in [0, 0.1) is 5.41 Å². The lowest BCUT2D eigenvalue weighted by atomic mass is 9.69. The van der Waals surface area contributed by atoms with E-state index in [1.54, 1.807) is 12.4 Å². The summed E-state index contributed by atoms with van der Waals surface area (Å²) in [5.41, 5.74) is 0.515. The molecule has 3 nitrogen and oxygen atoms in total. The van der Waals surface area contributed by atoms with Crippen LogP contribution in [0.5, 0.6) is 5.75 Å². The molecular weight excluding hydrogens is 238 g/mol. The van der Waals surface area contributed by atoms with Crippen molar-refractivity contribution in [3.63, 3.8) is 0 Å². The molecule has 106 valence electrons. The van der Waals surface area contributed by atoms with Crippen LogP contribution in [0.25, 0.3) is 0 Å². The summed E-state index contributed by atoms with van der Waals surface area (Å²) in [6, 6.07) is 1.95. The quantitative estimate of drug-likeness (QED) is 0.901. The Balaban J connectivity index is 2.12. The molecule has 1 heterocycles. The van der Waals surface area contributed by atoms with E-state index < -0.39 is 5.60 Å². The van der Waals surface area contributed by atoms with E-state index >= 15 is 0 Å². The molecule has 19 heavy (non-hydrogen) atoms. The first-order valence-corrected chi connectivity index (χ1v) is 7.26. The Morgan fingerprint density at radius 1 is 1.21 bits per heavy atom. The highest BCUT2D eigenvalue weighted by molar-refractivity contribution is 5.28. The molecule has 2 rings (SSSR count). The third kappa shape index (κ3) is 3.47. The fourth-order valence-corrected chi connectivity index (χ4v) is 2.60. The van der Waals surface area contributed by atoms with Gasteiger partial charge in [0.1, 0.15) is 5.75 Å². The topological polar surface area (TPSA) is 42.4 Å². The second-order valence-electron chi connectivity index (χ2n) is 6.45. The van der Waals surface area contributed by atoms with E-state index in [4.69, 9.17) is 4.74 Å². The predicted octanol–water partition coefficient (Wildman–Crippen LogP) is 3.66. The van der Waals surface area contributed by atoms with Gasteiger partial charge in [0.2, 0.25) is 0 Å². The van der Waals surface area contributed by atoms with Gasteiger partial charge in [0.25, 0.3) is 0 Å². The summed E-state index contributed by atoms with van der Waals surface area (Å²) in [5, 5.41) is 10.8. The number of rotatable bonds is 4. The molecule has 0 saturated heterocycles. The number of aliphatic hydroxyl groups is 1. The number of pyridine rings is 1. The van der Waals surface area contributed by atoms with Gasteiger partial charge in [0.05, 0.1) is 18.4 Å². The summed E-state index contributed by atoms with van der Waals surface area (Å²) >= 11 is 0. The largest absolute Gasteiger partial charge is 0.492 e. The lowest BCUT2D eigenvalue weighted by Crippen LogP contribution is -2.34. The normalized spacial score (nSPS) is 21.1. The molecule has 0 atom stereocenters. The molecule has 3 heteroatoms. The van der Waals surface area contributed by atoms with Crippen LogP contribution in [0.1, 0.15) is 58.4 Å². The maximum atomic E-state index is 10.8. The van der Waals surface area contributed by atoms with Gasteiger partial charge >= 0.3 is 0 Å². The molecule has 1 aliphatic carbocycles. The maximum absolute atomic E-state index is 10.8. The van der Waals surface area contributed by atoms with Gasteiger partial charge in [0, 0.05) is 11.8 Å². The highest BCUT2D eigenvalue weighted by atomic mass is 16.5. The summed E-state index contributed by atoms with van der Waals surface area (Å²) in [7, 11) is 0. The number of aromatic nitrogens is 1. The summed E-state index contributed by atoms with van der Waals surface area (Å²) < 4.78 is 5.60. The molecule has 1 saturated carbocycles. The van der Waals surface area contributed by atoms with Crippen molar-refractivity contribution >= 4 is 0 Å². The fraction of sp³-hybridized carbons (Fsp3) is 0.688. The van der Waals surface area contributed by atoms with Crippen molar-refractivity contribution in [1.29, 1.82) is 0 Å². The molecule has 0 aromatic carbocycles. The molecule has 1 N–H and O–H groups in total. The Labute approximate surface area is 116 Å². The van der Waals surface area contributed by atoms with Crippen LogP contribution < -0.4 is 4.74 Å². The molecule has 0 unspecified atom stereocenters. The first-order valence-electron chi connectivity index (χ1n) is 7.26. The van der Waals surface area contributed by atoms with E-state index in [0.717, 1.165) is 43.4 Å². The predicted molar refractivity (Wildman–Crippen MR) is 76.2 cm³/mol. The van der Waals surface area contributed by atoms with E-state index in [1.165, 1.54) is 0 Å². The average molecular weight is 263 g/mol. The van der Waals surface area contributed by atoms with E-state index in [9.17, 15) is 5.11 Å². The summed E-state index contributed by atoms with van der Waals surface area (Å²) in [5.74, 6) is 0.762. The average Bonchev–Trinajstić information content (AvgIpc) is 2.41. The number of ether oxygens (including phenoxy) is 1. The minimum atomic E-state index is -0.728. The van der Waals surface area contributed by atoms with Crippen LogP contribution in [-0.4, -0.2) is 16.7 Å². The summed E-state index contributed by atoms with van der Waals surface area (Å²) in [6.07, 6.45) is 8.17. The lowest BCUT2D eigenvalue weighted by Gasteiger charge is -2.40. The first kappa shape index (κ1) is 14.3. The molecular formula is C16H25NO2. The van der Waals surface area contributed by atoms with Crippen LogP contribution in [0.4, 0.5) is 0 Å². The Morgan fingerprint density at radius 3 is 2.53 bits per heavy atom. The van der Waals surface area contributed by atoms with E-state index in [0.29, 0.717) is 12.0 Å². The van der Waals surface area contributed by atoms with Gasteiger partial charge in [-0.3, -0.25) is 4.98 Å². The number of hydrogen-bond donors (Lipinski definition) is 1. The van der Waals surface area contributed by atoms with E-state index in [2.05, 4.69) is 25.8 Å². The molecule has 0 bridgehead atoms. The Kier molecular flexibility index (Phi) is 4.14. The van der Waals surface area contributed by atoms with Crippen LogP contribution in [0.15, 0.2) is 18.5 Å². The minimum absolute atomic E-state index is 0.343. The van der Waals surface area contributed by atoms with Crippen LogP contribution in [0.3, 0.4) is 0 Å². The standard InChI is InChI=1S/C16H25NO2/c1-4-9-19-14-10-13(11-17-12-14)16(18)7-5-15(2,3)6-8-16/h10-12,18H,4-9H2,1-3H3. The van der Waals surface area contributed by atoms with Crippen LogP contribution in [0.2, 0.25) is 0 Å². The van der Waals surface area contributed by atoms with Gasteiger partial charge in [-0.25, -0.2) is 0 Å². The Morgan fingerprint density at radius 2 is 1.89 bits per heavy atom. The second-order valence-corrected chi connectivity index (χ2v) is 6.45. The third-order valence-corrected chi connectivity index (χ3v) is 4.15. The molecule has 1 fully saturated rings. The molecule has 1 aliphatic rings. The summed E-state index contributed by atoms with van der Waals surface area (Å²) in [6.45, 7) is 7.31. The molecule has 0 aliphatic heterocycles.